The van der Waals surface area contributed by atoms with Crippen molar-refractivity contribution in [2.24, 2.45) is 0 Å². The zero-order valence-electron chi connectivity index (χ0n) is 9.27. The van der Waals surface area contributed by atoms with Gasteiger partial charge in [0.05, 0.1) is 5.69 Å². The number of rotatable bonds is 2. The van der Waals surface area contributed by atoms with Gasteiger partial charge in [-0.3, -0.25) is 4.79 Å². The number of carbonyl (C=O) groups excluding carboxylic acids is 1. The molecular weight excluding hydrogens is 202 g/mol. The average Bonchev–Trinajstić information content (AvgIpc) is 2.71. The molecule has 4 heteroatoms. The van der Waals surface area contributed by atoms with Crippen molar-refractivity contribution >= 4 is 5.91 Å². The van der Waals surface area contributed by atoms with E-state index >= 15 is 0 Å². The molecule has 0 aliphatic carbocycles. The number of aromatic nitrogens is 2. The van der Waals surface area contributed by atoms with Gasteiger partial charge in [0, 0.05) is 18.8 Å². The summed E-state index contributed by atoms with van der Waals surface area (Å²) in [6.45, 7) is 1.87. The van der Waals surface area contributed by atoms with Crippen LogP contribution >= 0.6 is 0 Å². The normalized spacial score (nSPS) is 10.1. The predicted octanol–water partition coefficient (Wildman–Crippen LogP) is 1.54. The second-order valence-electron chi connectivity index (χ2n) is 3.52. The lowest BCUT2D eigenvalue weighted by molar-refractivity contribution is 0.0957. The molecular formula is C12H13N3O. The van der Waals surface area contributed by atoms with Gasteiger partial charge < -0.3 is 5.32 Å². The lowest BCUT2D eigenvalue weighted by Crippen LogP contribution is -2.19. The Balaban J connectivity index is 2.42. The van der Waals surface area contributed by atoms with Gasteiger partial charge in [0.1, 0.15) is 0 Å². The molecule has 2 aromatic rings. The quantitative estimate of drug-likeness (QED) is 0.826. The third kappa shape index (κ3) is 1.82. The molecule has 0 saturated carbocycles. The summed E-state index contributed by atoms with van der Waals surface area (Å²) in [5.41, 5.74) is 2.27. The van der Waals surface area contributed by atoms with Gasteiger partial charge in [0.2, 0.25) is 0 Å². The van der Waals surface area contributed by atoms with Crippen LogP contribution < -0.4 is 5.32 Å². The topological polar surface area (TPSA) is 46.9 Å². The number of hydrogen-bond donors (Lipinski definition) is 1. The first-order valence-corrected chi connectivity index (χ1v) is 5.06. The Hall–Kier alpha value is -2.10. The Bertz CT molecular complexity index is 502. The number of para-hydroxylation sites is 1. The molecule has 0 saturated heterocycles. The van der Waals surface area contributed by atoms with Gasteiger partial charge >= 0.3 is 0 Å². The number of nitrogens with zero attached hydrogens (tertiary/aromatic N) is 2. The second-order valence-corrected chi connectivity index (χ2v) is 3.52. The molecule has 0 radical (unpaired) electrons. The number of nitrogens with one attached hydrogen (secondary N) is 1. The Morgan fingerprint density at radius 3 is 2.62 bits per heavy atom. The number of aryl methyl sites for hydroxylation is 1. The lowest BCUT2D eigenvalue weighted by Gasteiger charge is -1.99. The molecule has 1 aromatic heterocycles. The van der Waals surface area contributed by atoms with Crippen molar-refractivity contribution in [3.05, 3.63) is 47.8 Å². The number of carbonyl (C=O) groups is 1. The number of hydrogen-bond acceptors (Lipinski definition) is 2. The van der Waals surface area contributed by atoms with Gasteiger partial charge in [-0.2, -0.15) is 5.10 Å². The molecule has 1 N–H and O–H groups in total. The van der Waals surface area contributed by atoms with Crippen LogP contribution in [-0.2, 0) is 0 Å². The monoisotopic (exact) mass is 215 g/mol. The molecule has 2 rings (SSSR count). The van der Waals surface area contributed by atoms with E-state index in [-0.39, 0.29) is 5.91 Å². The summed E-state index contributed by atoms with van der Waals surface area (Å²) < 4.78 is 1.71. The highest BCUT2D eigenvalue weighted by Gasteiger charge is 2.12. The van der Waals surface area contributed by atoms with Gasteiger partial charge in [0.25, 0.3) is 5.91 Å². The summed E-state index contributed by atoms with van der Waals surface area (Å²) in [7, 11) is 1.60. The molecule has 82 valence electrons. The predicted molar refractivity (Wildman–Crippen MR) is 61.7 cm³/mol. The maximum absolute atomic E-state index is 11.5. The zero-order valence-corrected chi connectivity index (χ0v) is 9.27. The Morgan fingerprint density at radius 1 is 1.31 bits per heavy atom. The molecule has 16 heavy (non-hydrogen) atoms. The van der Waals surface area contributed by atoms with Gasteiger partial charge in [-0.25, -0.2) is 4.68 Å². The average molecular weight is 215 g/mol. The highest BCUT2D eigenvalue weighted by Crippen LogP contribution is 2.11. The van der Waals surface area contributed by atoms with E-state index in [0.717, 1.165) is 11.3 Å². The van der Waals surface area contributed by atoms with Crippen LogP contribution in [0.2, 0.25) is 0 Å². The highest BCUT2D eigenvalue weighted by molar-refractivity contribution is 5.93. The van der Waals surface area contributed by atoms with E-state index in [9.17, 15) is 4.79 Å². The van der Waals surface area contributed by atoms with Gasteiger partial charge in [-0.1, -0.05) is 18.2 Å². The first-order chi connectivity index (χ1) is 7.72. The maximum atomic E-state index is 11.5. The molecule has 0 unspecified atom stereocenters. The molecule has 0 atom stereocenters. The fraction of sp³-hybridized carbons (Fsp3) is 0.167. The molecule has 4 nitrogen and oxygen atoms in total. The minimum absolute atomic E-state index is 0.160. The minimum Gasteiger partial charge on any atom is -0.354 e. The van der Waals surface area contributed by atoms with E-state index in [1.807, 2.05) is 43.5 Å². The largest absolute Gasteiger partial charge is 0.354 e. The Morgan fingerprint density at radius 2 is 2.00 bits per heavy atom. The first-order valence-electron chi connectivity index (χ1n) is 5.06. The van der Waals surface area contributed by atoms with Gasteiger partial charge in [0.15, 0.2) is 5.69 Å². The second kappa shape index (κ2) is 4.18. The van der Waals surface area contributed by atoms with E-state index in [0.29, 0.717) is 5.69 Å². The summed E-state index contributed by atoms with van der Waals surface area (Å²) in [4.78, 5) is 11.5. The molecule has 1 amide bonds. The van der Waals surface area contributed by atoms with Crippen molar-refractivity contribution in [3.63, 3.8) is 0 Å². The van der Waals surface area contributed by atoms with E-state index < -0.39 is 0 Å². The van der Waals surface area contributed by atoms with Crippen LogP contribution in [0, 0.1) is 6.92 Å². The van der Waals surface area contributed by atoms with Crippen LogP contribution in [0.3, 0.4) is 0 Å². The smallest absolute Gasteiger partial charge is 0.271 e. The van der Waals surface area contributed by atoms with Crippen molar-refractivity contribution in [2.45, 2.75) is 6.92 Å². The van der Waals surface area contributed by atoms with E-state index in [2.05, 4.69) is 10.4 Å². The minimum atomic E-state index is -0.160. The van der Waals surface area contributed by atoms with Crippen molar-refractivity contribution in [2.75, 3.05) is 7.05 Å². The molecule has 1 heterocycles. The van der Waals surface area contributed by atoms with E-state index in [1.54, 1.807) is 11.7 Å². The van der Waals surface area contributed by atoms with Gasteiger partial charge in [-0.15, -0.1) is 0 Å². The zero-order chi connectivity index (χ0) is 11.5. The number of benzene rings is 1. The molecule has 0 fully saturated rings. The van der Waals surface area contributed by atoms with Crippen LogP contribution in [0.25, 0.3) is 5.69 Å². The van der Waals surface area contributed by atoms with E-state index in [1.165, 1.54) is 0 Å². The Kier molecular flexibility index (Phi) is 2.72. The molecule has 0 bridgehead atoms. The summed E-state index contributed by atoms with van der Waals surface area (Å²) >= 11 is 0. The van der Waals surface area contributed by atoms with Crippen LogP contribution in [0.5, 0.6) is 0 Å². The molecule has 1 aromatic carbocycles. The number of amides is 1. The standard InChI is InChI=1S/C12H13N3O/c1-9-8-15(10-6-4-3-5-7-10)14-11(9)12(16)13-2/h3-8H,1-2H3,(H,13,16). The van der Waals surface area contributed by atoms with E-state index in [4.69, 9.17) is 0 Å². The third-order valence-corrected chi connectivity index (χ3v) is 2.36. The fourth-order valence-corrected chi connectivity index (χ4v) is 1.52. The first kappa shape index (κ1) is 10.4. The third-order valence-electron chi connectivity index (χ3n) is 2.36. The van der Waals surface area contributed by atoms with Crippen molar-refractivity contribution in [1.29, 1.82) is 0 Å². The maximum Gasteiger partial charge on any atom is 0.271 e. The SMILES string of the molecule is CNC(=O)c1nn(-c2ccccc2)cc1C. The molecule has 0 aliphatic rings. The molecule has 0 spiro atoms. The van der Waals surface area contributed by atoms with Crippen molar-refractivity contribution in [1.82, 2.24) is 15.1 Å². The van der Waals surface area contributed by atoms with Crippen molar-refractivity contribution < 1.29 is 4.79 Å². The lowest BCUT2D eigenvalue weighted by atomic mass is 10.2. The summed E-state index contributed by atoms with van der Waals surface area (Å²) in [6.07, 6.45) is 1.85. The highest BCUT2D eigenvalue weighted by atomic mass is 16.1. The van der Waals surface area contributed by atoms with Crippen LogP contribution in [0.4, 0.5) is 0 Å². The van der Waals surface area contributed by atoms with Crippen LogP contribution in [0.15, 0.2) is 36.5 Å². The van der Waals surface area contributed by atoms with Crippen LogP contribution in [0.1, 0.15) is 16.1 Å². The summed E-state index contributed by atoms with van der Waals surface area (Å²) in [5, 5.41) is 6.83. The van der Waals surface area contributed by atoms with Gasteiger partial charge in [-0.05, 0) is 19.1 Å². The fourth-order valence-electron chi connectivity index (χ4n) is 1.52. The summed E-state index contributed by atoms with van der Waals surface area (Å²) in [6, 6.07) is 9.71. The van der Waals surface area contributed by atoms with Crippen LogP contribution in [-0.4, -0.2) is 22.7 Å². The van der Waals surface area contributed by atoms with Crippen molar-refractivity contribution in [3.8, 4) is 5.69 Å². The molecule has 0 aliphatic heterocycles. The summed E-state index contributed by atoms with van der Waals surface area (Å²) in [5.74, 6) is -0.160. The Labute approximate surface area is 93.9 Å².